The van der Waals surface area contributed by atoms with Crippen molar-refractivity contribution in [2.45, 2.75) is 59.1 Å². The van der Waals surface area contributed by atoms with Gasteiger partial charge in [-0.25, -0.2) is 0 Å². The summed E-state index contributed by atoms with van der Waals surface area (Å²) < 4.78 is 5.76. The third-order valence-corrected chi connectivity index (χ3v) is 3.79. The molecule has 0 bridgehead atoms. The van der Waals surface area contributed by atoms with Crippen molar-refractivity contribution in [1.82, 2.24) is 10.2 Å². The molecule has 0 aliphatic carbocycles. The minimum absolute atomic E-state index is 0.476. The van der Waals surface area contributed by atoms with E-state index in [0.717, 1.165) is 38.7 Å². The normalized spacial score (nSPS) is 22.0. The van der Waals surface area contributed by atoms with Gasteiger partial charge in [0.05, 0.1) is 6.10 Å². The summed E-state index contributed by atoms with van der Waals surface area (Å²) in [6.07, 6.45) is 4.17. The van der Waals surface area contributed by atoms with Gasteiger partial charge < -0.3 is 10.1 Å². The van der Waals surface area contributed by atoms with Gasteiger partial charge >= 0.3 is 0 Å². The SMILES string of the molecule is CCC(CNCC(C)C)N(CC)CC1CCCO1. The third-order valence-electron chi connectivity index (χ3n) is 3.79. The molecule has 0 aromatic rings. The standard InChI is InChI=1S/C15H32N2O/c1-5-14(11-16-10-13(3)4)17(6-2)12-15-8-7-9-18-15/h13-16H,5-12H2,1-4H3. The van der Waals surface area contributed by atoms with E-state index in [0.29, 0.717) is 12.1 Å². The Morgan fingerprint density at radius 2 is 2.06 bits per heavy atom. The van der Waals surface area contributed by atoms with Crippen LogP contribution in [-0.2, 0) is 4.74 Å². The molecule has 1 saturated heterocycles. The summed E-state index contributed by atoms with van der Waals surface area (Å²) in [7, 11) is 0. The van der Waals surface area contributed by atoms with Gasteiger partial charge in [-0.05, 0) is 38.3 Å². The molecule has 0 radical (unpaired) electrons. The van der Waals surface area contributed by atoms with Crippen molar-refractivity contribution in [1.29, 1.82) is 0 Å². The summed E-state index contributed by atoms with van der Waals surface area (Å²) in [6, 6.07) is 0.651. The minimum atomic E-state index is 0.476. The molecule has 0 saturated carbocycles. The Morgan fingerprint density at radius 1 is 1.28 bits per heavy atom. The number of nitrogens with one attached hydrogen (secondary N) is 1. The van der Waals surface area contributed by atoms with Crippen LogP contribution in [0.2, 0.25) is 0 Å². The molecule has 2 unspecified atom stereocenters. The predicted octanol–water partition coefficient (Wildman–Crippen LogP) is 2.51. The Morgan fingerprint density at radius 3 is 2.56 bits per heavy atom. The molecule has 2 atom stereocenters. The van der Waals surface area contributed by atoms with Crippen molar-refractivity contribution in [2.75, 3.05) is 32.8 Å². The fraction of sp³-hybridized carbons (Fsp3) is 1.00. The predicted molar refractivity (Wildman–Crippen MR) is 78.0 cm³/mol. The van der Waals surface area contributed by atoms with Crippen LogP contribution in [0, 0.1) is 5.92 Å². The lowest BCUT2D eigenvalue weighted by atomic mass is 10.1. The minimum Gasteiger partial charge on any atom is -0.377 e. The number of ether oxygens (including phenoxy) is 1. The molecule has 0 amide bonds. The Hall–Kier alpha value is -0.120. The number of likely N-dealkylation sites (N-methyl/N-ethyl adjacent to an activating group) is 1. The fourth-order valence-corrected chi connectivity index (χ4v) is 2.66. The van der Waals surface area contributed by atoms with Crippen LogP contribution in [0.25, 0.3) is 0 Å². The summed E-state index contributed by atoms with van der Waals surface area (Å²) in [5.41, 5.74) is 0. The topological polar surface area (TPSA) is 24.5 Å². The second-order valence-corrected chi connectivity index (χ2v) is 5.84. The van der Waals surface area contributed by atoms with Crippen LogP contribution in [0.5, 0.6) is 0 Å². The number of hydrogen-bond acceptors (Lipinski definition) is 3. The highest BCUT2D eigenvalue weighted by Crippen LogP contribution is 2.15. The van der Waals surface area contributed by atoms with Crippen molar-refractivity contribution in [2.24, 2.45) is 5.92 Å². The maximum Gasteiger partial charge on any atom is 0.0702 e. The van der Waals surface area contributed by atoms with E-state index in [9.17, 15) is 0 Å². The van der Waals surface area contributed by atoms with E-state index in [-0.39, 0.29) is 0 Å². The number of rotatable bonds is 9. The first-order chi connectivity index (χ1) is 8.67. The van der Waals surface area contributed by atoms with Gasteiger partial charge in [0.25, 0.3) is 0 Å². The van der Waals surface area contributed by atoms with Gasteiger partial charge in [0.1, 0.15) is 0 Å². The highest BCUT2D eigenvalue weighted by Gasteiger charge is 2.22. The first-order valence-corrected chi connectivity index (χ1v) is 7.73. The Balaban J connectivity index is 2.33. The summed E-state index contributed by atoms with van der Waals surface area (Å²) in [5.74, 6) is 0.732. The summed E-state index contributed by atoms with van der Waals surface area (Å²) in [6.45, 7) is 14.5. The summed E-state index contributed by atoms with van der Waals surface area (Å²) in [5, 5.41) is 3.59. The van der Waals surface area contributed by atoms with Crippen LogP contribution in [0.3, 0.4) is 0 Å². The smallest absolute Gasteiger partial charge is 0.0702 e. The molecule has 1 fully saturated rings. The molecule has 1 rings (SSSR count). The fourth-order valence-electron chi connectivity index (χ4n) is 2.66. The van der Waals surface area contributed by atoms with E-state index >= 15 is 0 Å². The first-order valence-electron chi connectivity index (χ1n) is 7.73. The molecule has 0 aromatic heterocycles. The van der Waals surface area contributed by atoms with Gasteiger partial charge in [0, 0.05) is 25.7 Å². The van der Waals surface area contributed by atoms with Gasteiger partial charge in [0.15, 0.2) is 0 Å². The van der Waals surface area contributed by atoms with E-state index in [1.165, 1.54) is 19.3 Å². The van der Waals surface area contributed by atoms with Gasteiger partial charge in [-0.2, -0.15) is 0 Å². The Labute approximate surface area is 113 Å². The Kier molecular flexibility index (Phi) is 7.87. The second-order valence-electron chi connectivity index (χ2n) is 5.84. The molecule has 108 valence electrons. The third kappa shape index (κ3) is 5.68. The van der Waals surface area contributed by atoms with Crippen molar-refractivity contribution in [3.05, 3.63) is 0 Å². The molecule has 1 heterocycles. The van der Waals surface area contributed by atoms with Gasteiger partial charge in [0.2, 0.25) is 0 Å². The van der Waals surface area contributed by atoms with Crippen molar-refractivity contribution in [3.63, 3.8) is 0 Å². The highest BCUT2D eigenvalue weighted by atomic mass is 16.5. The van der Waals surface area contributed by atoms with E-state index in [1.807, 2.05) is 0 Å². The monoisotopic (exact) mass is 256 g/mol. The van der Waals surface area contributed by atoms with Crippen LogP contribution < -0.4 is 5.32 Å². The zero-order chi connectivity index (χ0) is 13.4. The Bertz CT molecular complexity index is 203. The van der Waals surface area contributed by atoms with Crippen LogP contribution in [0.1, 0.15) is 47.0 Å². The quantitative estimate of drug-likeness (QED) is 0.686. The van der Waals surface area contributed by atoms with E-state index in [1.54, 1.807) is 0 Å². The van der Waals surface area contributed by atoms with Crippen LogP contribution in [0.4, 0.5) is 0 Å². The van der Waals surface area contributed by atoms with Gasteiger partial charge in [-0.15, -0.1) is 0 Å². The lowest BCUT2D eigenvalue weighted by molar-refractivity contribution is 0.0579. The van der Waals surface area contributed by atoms with Crippen LogP contribution in [0.15, 0.2) is 0 Å². The maximum atomic E-state index is 5.76. The molecule has 18 heavy (non-hydrogen) atoms. The summed E-state index contributed by atoms with van der Waals surface area (Å²) in [4.78, 5) is 2.59. The molecule has 3 nitrogen and oxygen atoms in total. The zero-order valence-electron chi connectivity index (χ0n) is 12.7. The summed E-state index contributed by atoms with van der Waals surface area (Å²) >= 11 is 0. The number of nitrogens with zero attached hydrogens (tertiary/aromatic N) is 1. The second kappa shape index (κ2) is 8.89. The van der Waals surface area contributed by atoms with Gasteiger partial charge in [-0.1, -0.05) is 27.7 Å². The zero-order valence-corrected chi connectivity index (χ0v) is 12.7. The lowest BCUT2D eigenvalue weighted by Gasteiger charge is -2.32. The largest absolute Gasteiger partial charge is 0.377 e. The van der Waals surface area contributed by atoms with Crippen molar-refractivity contribution < 1.29 is 4.74 Å². The molecule has 1 aliphatic rings. The van der Waals surface area contributed by atoms with Crippen LogP contribution in [-0.4, -0.2) is 49.8 Å². The average molecular weight is 256 g/mol. The molecular weight excluding hydrogens is 224 g/mol. The number of hydrogen-bond donors (Lipinski definition) is 1. The van der Waals surface area contributed by atoms with E-state index < -0.39 is 0 Å². The van der Waals surface area contributed by atoms with E-state index in [2.05, 4.69) is 37.9 Å². The van der Waals surface area contributed by atoms with E-state index in [4.69, 9.17) is 4.74 Å². The lowest BCUT2D eigenvalue weighted by Crippen LogP contribution is -2.45. The molecule has 1 N–H and O–H groups in total. The maximum absolute atomic E-state index is 5.76. The van der Waals surface area contributed by atoms with Crippen molar-refractivity contribution >= 4 is 0 Å². The van der Waals surface area contributed by atoms with Crippen LogP contribution >= 0.6 is 0 Å². The molecular formula is C15H32N2O. The molecule has 0 aromatic carbocycles. The molecule has 0 spiro atoms. The van der Waals surface area contributed by atoms with Crippen molar-refractivity contribution in [3.8, 4) is 0 Å². The average Bonchev–Trinajstić information content (AvgIpc) is 2.85. The molecule has 3 heteroatoms. The molecule has 1 aliphatic heterocycles. The van der Waals surface area contributed by atoms with Gasteiger partial charge in [-0.3, -0.25) is 4.90 Å². The first kappa shape index (κ1) is 15.9. The highest BCUT2D eigenvalue weighted by molar-refractivity contribution is 4.77.